The summed E-state index contributed by atoms with van der Waals surface area (Å²) in [4.78, 5) is 11.4. The average Bonchev–Trinajstić information content (AvgIpc) is 2.91. The topological polar surface area (TPSA) is 65.8 Å². The molecule has 5 nitrogen and oxygen atoms in total. The molecule has 0 aliphatic rings. The van der Waals surface area contributed by atoms with Gasteiger partial charge in [0.25, 0.3) is 0 Å². The van der Waals surface area contributed by atoms with E-state index in [4.69, 9.17) is 5.73 Å². The van der Waals surface area contributed by atoms with Crippen LogP contribution in [-0.2, 0) is 7.05 Å². The van der Waals surface area contributed by atoms with Gasteiger partial charge in [0.2, 0.25) is 5.56 Å². The second kappa shape index (κ2) is 4.90. The third-order valence-electron chi connectivity index (χ3n) is 3.22. The van der Waals surface area contributed by atoms with E-state index in [-0.39, 0.29) is 5.56 Å². The van der Waals surface area contributed by atoms with Crippen LogP contribution in [0.4, 0.5) is 10.1 Å². The van der Waals surface area contributed by atoms with E-state index in [0.29, 0.717) is 16.8 Å². The first-order valence-corrected chi connectivity index (χ1v) is 6.32. The summed E-state index contributed by atoms with van der Waals surface area (Å²) in [6.45, 7) is 0. The first-order chi connectivity index (χ1) is 10.0. The fourth-order valence-electron chi connectivity index (χ4n) is 2.08. The maximum atomic E-state index is 13.9. The van der Waals surface area contributed by atoms with Gasteiger partial charge in [0.15, 0.2) is 0 Å². The monoisotopic (exact) mass is 284 g/mol. The molecule has 0 unspecified atom stereocenters. The maximum Gasteiger partial charge on any atom is 0.250 e. The number of benzene rings is 1. The van der Waals surface area contributed by atoms with Gasteiger partial charge in [-0.15, -0.1) is 0 Å². The highest BCUT2D eigenvalue weighted by Crippen LogP contribution is 2.24. The molecule has 3 aromatic rings. The predicted molar refractivity (Wildman–Crippen MR) is 78.6 cm³/mol. The Hall–Kier alpha value is -2.89. The number of aryl methyl sites for hydroxylation is 1. The lowest BCUT2D eigenvalue weighted by molar-refractivity contribution is 0.632. The van der Waals surface area contributed by atoms with Crippen molar-refractivity contribution in [2.75, 3.05) is 5.73 Å². The van der Waals surface area contributed by atoms with Crippen molar-refractivity contribution in [2.45, 2.75) is 0 Å². The van der Waals surface area contributed by atoms with Crippen molar-refractivity contribution >= 4 is 5.69 Å². The van der Waals surface area contributed by atoms with Gasteiger partial charge in [0.1, 0.15) is 5.82 Å². The smallest absolute Gasteiger partial charge is 0.250 e. The normalized spacial score (nSPS) is 10.8. The molecule has 0 saturated carbocycles. The van der Waals surface area contributed by atoms with Crippen LogP contribution in [0.25, 0.3) is 16.8 Å². The Kier molecular flexibility index (Phi) is 3.06. The fourth-order valence-corrected chi connectivity index (χ4v) is 2.08. The zero-order valence-corrected chi connectivity index (χ0v) is 11.3. The molecular weight excluding hydrogens is 271 g/mol. The largest absolute Gasteiger partial charge is 0.399 e. The highest BCUT2D eigenvalue weighted by molar-refractivity contribution is 5.65. The molecule has 1 aromatic carbocycles. The molecule has 0 radical (unpaired) electrons. The lowest BCUT2D eigenvalue weighted by Gasteiger charge is -2.03. The highest BCUT2D eigenvalue weighted by atomic mass is 19.1. The van der Waals surface area contributed by atoms with Crippen molar-refractivity contribution in [3.05, 3.63) is 65.1 Å². The third-order valence-corrected chi connectivity index (χ3v) is 3.22. The Balaban J connectivity index is 2.03. The Morgan fingerprint density at radius 3 is 2.71 bits per heavy atom. The van der Waals surface area contributed by atoms with Crippen LogP contribution in [0.1, 0.15) is 0 Å². The summed E-state index contributed by atoms with van der Waals surface area (Å²) in [5.74, 6) is -0.394. The molecule has 2 heterocycles. The fraction of sp³-hybridized carbons (Fsp3) is 0.0667. The standard InChI is InChI=1S/C15H13FN4O/c1-19-9-12(3-5-15(19)21)20-8-10(7-18-20)13-4-2-11(17)6-14(13)16/h2-9H,17H2,1H3. The molecule has 2 N–H and O–H groups in total. The van der Waals surface area contributed by atoms with Crippen molar-refractivity contribution in [3.63, 3.8) is 0 Å². The second-order valence-electron chi connectivity index (χ2n) is 4.75. The number of hydrogen-bond acceptors (Lipinski definition) is 3. The SMILES string of the molecule is Cn1cc(-n2cc(-c3ccc(N)cc3F)cn2)ccc1=O. The van der Waals surface area contributed by atoms with Gasteiger partial charge in [0.05, 0.1) is 11.9 Å². The van der Waals surface area contributed by atoms with E-state index in [9.17, 15) is 9.18 Å². The lowest BCUT2D eigenvalue weighted by Crippen LogP contribution is -2.15. The lowest BCUT2D eigenvalue weighted by atomic mass is 10.1. The number of pyridine rings is 1. The van der Waals surface area contributed by atoms with Gasteiger partial charge in [0, 0.05) is 42.3 Å². The van der Waals surface area contributed by atoms with E-state index >= 15 is 0 Å². The third kappa shape index (κ3) is 2.43. The van der Waals surface area contributed by atoms with Crippen molar-refractivity contribution in [3.8, 4) is 16.8 Å². The van der Waals surface area contributed by atoms with Crippen LogP contribution >= 0.6 is 0 Å². The van der Waals surface area contributed by atoms with Crippen LogP contribution in [-0.4, -0.2) is 14.3 Å². The number of nitrogens with two attached hydrogens (primary N) is 1. The summed E-state index contributed by atoms with van der Waals surface area (Å²) in [5.41, 5.74) is 7.61. The maximum absolute atomic E-state index is 13.9. The summed E-state index contributed by atoms with van der Waals surface area (Å²) in [7, 11) is 1.66. The first-order valence-electron chi connectivity index (χ1n) is 6.32. The van der Waals surface area contributed by atoms with Crippen molar-refractivity contribution < 1.29 is 4.39 Å². The summed E-state index contributed by atoms with van der Waals surface area (Å²) < 4.78 is 16.9. The van der Waals surface area contributed by atoms with Crippen molar-refractivity contribution in [1.29, 1.82) is 0 Å². The average molecular weight is 284 g/mol. The van der Waals surface area contributed by atoms with Gasteiger partial charge in [-0.2, -0.15) is 5.10 Å². The van der Waals surface area contributed by atoms with Gasteiger partial charge < -0.3 is 10.3 Å². The molecule has 2 aromatic heterocycles. The second-order valence-corrected chi connectivity index (χ2v) is 4.75. The van der Waals surface area contributed by atoms with E-state index in [2.05, 4.69) is 5.10 Å². The zero-order chi connectivity index (χ0) is 15.0. The highest BCUT2D eigenvalue weighted by Gasteiger charge is 2.09. The van der Waals surface area contributed by atoms with Crippen LogP contribution < -0.4 is 11.3 Å². The Morgan fingerprint density at radius 1 is 1.19 bits per heavy atom. The molecule has 21 heavy (non-hydrogen) atoms. The van der Waals surface area contributed by atoms with E-state index in [1.165, 1.54) is 16.7 Å². The minimum absolute atomic E-state index is 0.101. The Labute approximate surface area is 120 Å². The van der Waals surface area contributed by atoms with E-state index in [1.54, 1.807) is 48.5 Å². The number of aromatic nitrogens is 3. The Bertz CT molecular complexity index is 866. The quantitative estimate of drug-likeness (QED) is 0.732. The molecule has 0 aliphatic heterocycles. The molecule has 3 rings (SSSR count). The number of rotatable bonds is 2. The summed E-state index contributed by atoms with van der Waals surface area (Å²) in [6, 6.07) is 7.66. The summed E-state index contributed by atoms with van der Waals surface area (Å²) in [5, 5.41) is 4.20. The first kappa shape index (κ1) is 13.1. The molecule has 0 fully saturated rings. The molecular formula is C15H13FN4O. The number of anilines is 1. The molecule has 106 valence electrons. The molecule has 6 heteroatoms. The number of nitrogens with zero attached hydrogens (tertiary/aromatic N) is 3. The van der Waals surface area contributed by atoms with Crippen LogP contribution in [0.5, 0.6) is 0 Å². The molecule has 0 amide bonds. The molecule has 0 atom stereocenters. The van der Waals surface area contributed by atoms with Crippen LogP contribution in [0.15, 0.2) is 53.7 Å². The molecule has 0 saturated heterocycles. The van der Waals surface area contributed by atoms with Crippen LogP contribution in [0.2, 0.25) is 0 Å². The van der Waals surface area contributed by atoms with Crippen molar-refractivity contribution in [2.24, 2.45) is 7.05 Å². The Morgan fingerprint density at radius 2 is 2.00 bits per heavy atom. The van der Waals surface area contributed by atoms with Crippen LogP contribution in [0, 0.1) is 5.82 Å². The zero-order valence-electron chi connectivity index (χ0n) is 11.3. The molecule has 0 aliphatic carbocycles. The van der Waals surface area contributed by atoms with E-state index < -0.39 is 5.82 Å². The number of hydrogen-bond donors (Lipinski definition) is 1. The van der Waals surface area contributed by atoms with Crippen LogP contribution in [0.3, 0.4) is 0 Å². The van der Waals surface area contributed by atoms with E-state index in [0.717, 1.165) is 5.69 Å². The summed E-state index contributed by atoms with van der Waals surface area (Å²) in [6.07, 6.45) is 4.94. The number of halogens is 1. The van der Waals surface area contributed by atoms with E-state index in [1.807, 2.05) is 0 Å². The van der Waals surface area contributed by atoms with Crippen molar-refractivity contribution in [1.82, 2.24) is 14.3 Å². The predicted octanol–water partition coefficient (Wildman–Crippen LogP) is 1.96. The summed E-state index contributed by atoms with van der Waals surface area (Å²) >= 11 is 0. The van der Waals surface area contributed by atoms with Gasteiger partial charge in [-0.25, -0.2) is 9.07 Å². The minimum atomic E-state index is -0.394. The number of nitrogen functional groups attached to an aromatic ring is 1. The molecule has 0 bridgehead atoms. The van der Waals surface area contributed by atoms with Gasteiger partial charge in [-0.05, 0) is 24.3 Å². The molecule has 0 spiro atoms. The van der Waals surface area contributed by atoms with Gasteiger partial charge >= 0.3 is 0 Å². The minimum Gasteiger partial charge on any atom is -0.399 e. The van der Waals surface area contributed by atoms with Gasteiger partial charge in [-0.3, -0.25) is 4.79 Å². The van der Waals surface area contributed by atoms with Gasteiger partial charge in [-0.1, -0.05) is 0 Å².